The standard InChI is InChI=1S/C48H35N4O.Pt/c1-48(2,3)51-29-50(41-21-10-11-22-42(41)51)30-13-12-14-31(27-30)53-32-23-24-34-33-15-8-9-20-40(33)52(43(34)28-32)44-26-25-39-45-35-16-4-6-18-37(35)46(47(39)49-44)38-19-7-5-17-36(38)45;/h4-26,29,45-46H,1-3H3;/q-3;. The van der Waals surface area contributed by atoms with Crippen LogP contribution < -0.4 is 14.5 Å². The minimum Gasteiger partial charge on any atom is -0.509 e. The Kier molecular flexibility index (Phi) is 7.44. The molecular formula is C48H35N4OPt-3. The minimum absolute atomic E-state index is 0. The van der Waals surface area contributed by atoms with Crippen LogP contribution in [0.3, 0.4) is 0 Å². The molecule has 8 aromatic rings. The van der Waals surface area contributed by atoms with E-state index < -0.39 is 0 Å². The number of hydrogen-bond acceptors (Lipinski definition) is 4. The van der Waals surface area contributed by atoms with E-state index >= 15 is 0 Å². The fourth-order valence-corrected chi connectivity index (χ4v) is 8.88. The molecule has 0 radical (unpaired) electrons. The predicted molar refractivity (Wildman–Crippen MR) is 213 cm³/mol. The molecule has 0 spiro atoms. The molecule has 0 fully saturated rings. The first-order chi connectivity index (χ1) is 25.9. The molecule has 6 heteroatoms. The van der Waals surface area contributed by atoms with E-state index in [9.17, 15) is 0 Å². The van der Waals surface area contributed by atoms with Crippen molar-refractivity contribution in [3.05, 3.63) is 192 Å². The van der Waals surface area contributed by atoms with E-state index in [0.717, 1.165) is 44.7 Å². The van der Waals surface area contributed by atoms with Gasteiger partial charge in [0.2, 0.25) is 0 Å². The summed E-state index contributed by atoms with van der Waals surface area (Å²) in [6.07, 6.45) is 0. The molecule has 54 heavy (non-hydrogen) atoms. The second kappa shape index (κ2) is 12.2. The number of aromatic nitrogens is 2. The van der Waals surface area contributed by atoms with Gasteiger partial charge in [-0.05, 0) is 78.2 Å². The number of anilines is 3. The summed E-state index contributed by atoms with van der Waals surface area (Å²) in [6, 6.07) is 56.7. The summed E-state index contributed by atoms with van der Waals surface area (Å²) in [6.45, 7) is 8.83. The fraction of sp³-hybridized carbons (Fsp3) is 0.125. The van der Waals surface area contributed by atoms with E-state index in [4.69, 9.17) is 9.72 Å². The molecule has 0 atom stereocenters. The van der Waals surface area contributed by atoms with Crippen LogP contribution in [-0.4, -0.2) is 15.1 Å². The molecule has 5 nitrogen and oxygen atoms in total. The zero-order chi connectivity index (χ0) is 35.4. The van der Waals surface area contributed by atoms with Gasteiger partial charge in [0.1, 0.15) is 5.82 Å². The van der Waals surface area contributed by atoms with Gasteiger partial charge in [0, 0.05) is 60.9 Å². The van der Waals surface area contributed by atoms with Crippen LogP contribution in [0, 0.1) is 18.8 Å². The van der Waals surface area contributed by atoms with Crippen molar-refractivity contribution in [1.29, 1.82) is 0 Å². The number of pyridine rings is 1. The van der Waals surface area contributed by atoms with Gasteiger partial charge >= 0.3 is 0 Å². The summed E-state index contributed by atoms with van der Waals surface area (Å²) in [5.74, 6) is 2.41. The number of benzene rings is 6. The maximum Gasteiger partial charge on any atom is 0.135 e. The molecule has 4 aliphatic rings. The van der Waals surface area contributed by atoms with Crippen molar-refractivity contribution in [2.24, 2.45) is 0 Å². The quantitative estimate of drug-likeness (QED) is 0.165. The van der Waals surface area contributed by atoms with E-state index in [-0.39, 0.29) is 38.4 Å². The van der Waals surface area contributed by atoms with Crippen molar-refractivity contribution in [2.45, 2.75) is 38.1 Å². The Labute approximate surface area is 329 Å². The summed E-state index contributed by atoms with van der Waals surface area (Å²) >= 11 is 0. The average molecular weight is 879 g/mol. The molecular weight excluding hydrogens is 844 g/mol. The van der Waals surface area contributed by atoms with Crippen LogP contribution in [0.5, 0.6) is 11.5 Å². The molecule has 266 valence electrons. The largest absolute Gasteiger partial charge is 0.509 e. The average Bonchev–Trinajstić information content (AvgIpc) is 3.74. The number of para-hydroxylation sites is 3. The Balaban J connectivity index is 0.00000361. The zero-order valence-electron chi connectivity index (χ0n) is 30.0. The molecule has 12 rings (SSSR count). The SMILES string of the molecule is CC(C)(C)N1[CH-]N(c2[c-]c(Oc3[c-]c4c(cc3)c3ccccc3n4-c3ccc4c(n3)C3c5ccccc5C4c4ccccc43)ccc2)c2ccccc21.[Pt]. The van der Waals surface area contributed by atoms with Gasteiger partial charge < -0.3 is 19.1 Å². The second-order valence-electron chi connectivity index (χ2n) is 15.2. The van der Waals surface area contributed by atoms with Gasteiger partial charge in [-0.25, -0.2) is 4.98 Å². The third-order valence-electron chi connectivity index (χ3n) is 11.1. The number of nitrogens with zero attached hydrogens (tertiary/aromatic N) is 4. The molecule has 0 unspecified atom stereocenters. The Bertz CT molecular complexity index is 2730. The summed E-state index contributed by atoms with van der Waals surface area (Å²) in [5, 5.41) is 2.26. The van der Waals surface area contributed by atoms with Crippen LogP contribution in [-0.2, 0) is 21.1 Å². The van der Waals surface area contributed by atoms with Crippen molar-refractivity contribution in [1.82, 2.24) is 9.55 Å². The first-order valence-electron chi connectivity index (χ1n) is 18.3. The maximum absolute atomic E-state index is 6.57. The molecule has 3 aliphatic carbocycles. The summed E-state index contributed by atoms with van der Waals surface area (Å²) in [7, 11) is 0. The number of ether oxygens (including phenoxy) is 1. The molecule has 6 aromatic carbocycles. The van der Waals surface area contributed by atoms with Crippen molar-refractivity contribution in [3.63, 3.8) is 0 Å². The van der Waals surface area contributed by atoms with Crippen molar-refractivity contribution in [3.8, 4) is 17.3 Å². The van der Waals surface area contributed by atoms with E-state index in [1.165, 1.54) is 33.5 Å². The Morgan fingerprint density at radius 2 is 1.24 bits per heavy atom. The van der Waals surface area contributed by atoms with Crippen LogP contribution >= 0.6 is 0 Å². The molecule has 0 saturated carbocycles. The van der Waals surface area contributed by atoms with E-state index in [1.54, 1.807) is 0 Å². The topological polar surface area (TPSA) is 33.5 Å². The predicted octanol–water partition coefficient (Wildman–Crippen LogP) is 11.4. The maximum atomic E-state index is 6.57. The van der Waals surface area contributed by atoms with Crippen molar-refractivity contribution >= 4 is 38.9 Å². The van der Waals surface area contributed by atoms with Gasteiger partial charge in [-0.3, -0.25) is 0 Å². The first kappa shape index (κ1) is 33.0. The van der Waals surface area contributed by atoms with Gasteiger partial charge in [-0.2, -0.15) is 18.8 Å². The Morgan fingerprint density at radius 3 is 1.98 bits per heavy atom. The van der Waals surface area contributed by atoms with Crippen molar-refractivity contribution < 1.29 is 25.8 Å². The molecule has 1 aliphatic heterocycles. The van der Waals surface area contributed by atoms with Gasteiger partial charge in [0.25, 0.3) is 0 Å². The second-order valence-corrected chi connectivity index (χ2v) is 15.2. The van der Waals surface area contributed by atoms with Gasteiger partial charge in [-0.15, -0.1) is 41.4 Å². The number of hydrogen-bond donors (Lipinski definition) is 0. The van der Waals surface area contributed by atoms with Gasteiger partial charge in [0.05, 0.1) is 11.6 Å². The van der Waals surface area contributed by atoms with Crippen LogP contribution in [0.25, 0.3) is 27.6 Å². The summed E-state index contributed by atoms with van der Waals surface area (Å²) in [5.41, 5.74) is 13.1. The van der Waals surface area contributed by atoms with Crippen LogP contribution in [0.4, 0.5) is 17.1 Å². The van der Waals surface area contributed by atoms with E-state index in [1.807, 2.05) is 18.2 Å². The first-order valence-corrected chi connectivity index (χ1v) is 18.3. The van der Waals surface area contributed by atoms with E-state index in [0.29, 0.717) is 11.5 Å². The molecule has 0 saturated heterocycles. The zero-order valence-corrected chi connectivity index (χ0v) is 32.3. The number of rotatable bonds is 4. The molecule has 0 amide bonds. The van der Waals surface area contributed by atoms with Gasteiger partial charge in [-0.1, -0.05) is 90.4 Å². The summed E-state index contributed by atoms with van der Waals surface area (Å²) < 4.78 is 8.81. The van der Waals surface area contributed by atoms with Crippen molar-refractivity contribution in [2.75, 3.05) is 9.80 Å². The minimum atomic E-state index is -0.0801. The molecule has 2 bridgehead atoms. The monoisotopic (exact) mass is 878 g/mol. The van der Waals surface area contributed by atoms with Crippen LogP contribution in [0.1, 0.15) is 66.1 Å². The third-order valence-corrected chi connectivity index (χ3v) is 11.1. The van der Waals surface area contributed by atoms with E-state index in [2.05, 4.69) is 175 Å². The molecule has 0 N–H and O–H groups in total. The fourth-order valence-electron chi connectivity index (χ4n) is 8.88. The van der Waals surface area contributed by atoms with Crippen LogP contribution in [0.15, 0.2) is 140 Å². The Morgan fingerprint density at radius 1 is 0.593 bits per heavy atom. The van der Waals surface area contributed by atoms with Gasteiger partial charge in [0.15, 0.2) is 0 Å². The molecule has 3 heterocycles. The smallest absolute Gasteiger partial charge is 0.135 e. The van der Waals surface area contributed by atoms with Crippen LogP contribution in [0.2, 0.25) is 0 Å². The molecule has 2 aromatic heterocycles. The third kappa shape index (κ3) is 4.84. The Hall–Kier alpha value is -5.64. The normalized spacial score (nSPS) is 16.5. The summed E-state index contributed by atoms with van der Waals surface area (Å²) in [4.78, 5) is 10.0. The number of fused-ring (bicyclic) bond motifs is 4.